The molecule has 0 atom stereocenters. The summed E-state index contributed by atoms with van der Waals surface area (Å²) in [7, 11) is 1.69. The van der Waals surface area contributed by atoms with E-state index in [0.29, 0.717) is 0 Å². The molecule has 0 unspecified atom stereocenters. The van der Waals surface area contributed by atoms with Crippen molar-refractivity contribution in [1.29, 1.82) is 0 Å². The first kappa shape index (κ1) is 21.4. The summed E-state index contributed by atoms with van der Waals surface area (Å²) in [4.78, 5) is 13.8. The first-order valence-corrected chi connectivity index (χ1v) is 10.2. The molecule has 3 aromatic rings. The lowest BCUT2D eigenvalue weighted by Gasteiger charge is -2.18. The molecule has 1 amide bonds. The van der Waals surface area contributed by atoms with Gasteiger partial charge in [-0.2, -0.15) is 5.10 Å². The fraction of sp³-hybridized carbons (Fsp3) is 0.364. The van der Waals surface area contributed by atoms with E-state index in [2.05, 4.69) is 40.8 Å². The summed E-state index contributed by atoms with van der Waals surface area (Å²) in [6.45, 7) is 9.25. The smallest absolute Gasteiger partial charge is 0.261 e. The molecule has 0 saturated carbocycles. The maximum absolute atomic E-state index is 12.4. The fourth-order valence-electron chi connectivity index (χ4n) is 3.33. The number of nitrogens with one attached hydrogen (secondary N) is 2. The SMILES string of the molecule is CC[NH+](CC)Cc1cc(/C(C)=N\NC(=O)Cn2nnc3ccccc32)ccc1OC. The van der Waals surface area contributed by atoms with Crippen molar-refractivity contribution in [1.82, 2.24) is 20.4 Å². The molecular weight excluding hydrogens is 380 g/mol. The Balaban J connectivity index is 1.70. The third-order valence-corrected chi connectivity index (χ3v) is 5.20. The van der Waals surface area contributed by atoms with Gasteiger partial charge in [0, 0.05) is 5.56 Å². The fourth-order valence-corrected chi connectivity index (χ4v) is 3.33. The minimum absolute atomic E-state index is 0.0521. The van der Waals surface area contributed by atoms with Crippen molar-refractivity contribution in [3.8, 4) is 5.75 Å². The molecule has 0 radical (unpaired) electrons. The average Bonchev–Trinajstić information content (AvgIpc) is 3.18. The summed E-state index contributed by atoms with van der Waals surface area (Å²) < 4.78 is 7.09. The molecule has 8 heteroatoms. The van der Waals surface area contributed by atoms with E-state index in [1.54, 1.807) is 11.8 Å². The first-order valence-electron chi connectivity index (χ1n) is 10.2. The van der Waals surface area contributed by atoms with Crippen molar-refractivity contribution in [2.24, 2.45) is 5.10 Å². The van der Waals surface area contributed by atoms with Gasteiger partial charge in [-0.3, -0.25) is 4.79 Å². The zero-order valence-electron chi connectivity index (χ0n) is 18.0. The molecule has 0 spiro atoms. The van der Waals surface area contributed by atoms with Gasteiger partial charge in [0.2, 0.25) is 0 Å². The van der Waals surface area contributed by atoms with Gasteiger partial charge in [-0.05, 0) is 56.7 Å². The summed E-state index contributed by atoms with van der Waals surface area (Å²) in [6.07, 6.45) is 0. The van der Waals surface area contributed by atoms with Gasteiger partial charge in [-0.15, -0.1) is 5.10 Å². The Morgan fingerprint density at radius 3 is 2.70 bits per heavy atom. The maximum atomic E-state index is 12.4. The Morgan fingerprint density at radius 1 is 1.20 bits per heavy atom. The number of carbonyl (C=O) groups excluding carboxylic acids is 1. The highest BCUT2D eigenvalue weighted by molar-refractivity contribution is 5.99. The van der Waals surface area contributed by atoms with E-state index >= 15 is 0 Å². The monoisotopic (exact) mass is 409 g/mol. The number of amides is 1. The summed E-state index contributed by atoms with van der Waals surface area (Å²) in [5.41, 5.74) is 6.99. The number of para-hydroxylation sites is 1. The van der Waals surface area contributed by atoms with Crippen molar-refractivity contribution in [3.05, 3.63) is 53.6 Å². The van der Waals surface area contributed by atoms with Crippen molar-refractivity contribution in [2.75, 3.05) is 20.2 Å². The van der Waals surface area contributed by atoms with Crippen LogP contribution in [0.5, 0.6) is 5.75 Å². The molecule has 8 nitrogen and oxygen atoms in total. The van der Waals surface area contributed by atoms with Gasteiger partial charge in [0.15, 0.2) is 0 Å². The molecule has 3 rings (SSSR count). The van der Waals surface area contributed by atoms with E-state index in [9.17, 15) is 4.79 Å². The molecule has 1 heterocycles. The minimum atomic E-state index is -0.258. The number of hydrogen-bond donors (Lipinski definition) is 2. The lowest BCUT2D eigenvalue weighted by Crippen LogP contribution is -3.10. The second kappa shape index (κ2) is 9.98. The van der Waals surface area contributed by atoms with E-state index in [0.717, 1.165) is 53.3 Å². The quantitative estimate of drug-likeness (QED) is 0.413. The molecular formula is C22H29N6O2+. The van der Waals surface area contributed by atoms with Crippen LogP contribution in [0.15, 0.2) is 47.6 Å². The zero-order chi connectivity index (χ0) is 21.5. The number of nitrogens with zero attached hydrogens (tertiary/aromatic N) is 4. The Hall–Kier alpha value is -3.26. The van der Waals surface area contributed by atoms with Crippen LogP contribution in [-0.2, 0) is 17.9 Å². The topological polar surface area (TPSA) is 85.8 Å². The Labute approximate surface area is 176 Å². The number of methoxy groups -OCH3 is 1. The number of aromatic nitrogens is 3. The van der Waals surface area contributed by atoms with E-state index < -0.39 is 0 Å². The lowest BCUT2D eigenvalue weighted by atomic mass is 10.1. The number of quaternary nitrogens is 1. The van der Waals surface area contributed by atoms with Gasteiger partial charge in [-0.1, -0.05) is 17.3 Å². The van der Waals surface area contributed by atoms with Crippen LogP contribution in [-0.4, -0.2) is 46.8 Å². The standard InChI is InChI=1S/C22H28N6O2/c1-5-27(6-2)14-18-13-17(11-12-21(18)30-4)16(3)23-25-22(29)15-28-20-10-8-7-9-19(20)24-26-28/h7-13H,5-6,14-15H2,1-4H3,(H,25,29)/p+1/b23-16-. The number of rotatable bonds is 9. The minimum Gasteiger partial charge on any atom is -0.496 e. The van der Waals surface area contributed by atoms with Gasteiger partial charge in [0.25, 0.3) is 5.91 Å². The van der Waals surface area contributed by atoms with Crippen LogP contribution in [0.3, 0.4) is 0 Å². The predicted molar refractivity (Wildman–Crippen MR) is 117 cm³/mol. The summed E-state index contributed by atoms with van der Waals surface area (Å²) >= 11 is 0. The molecule has 2 N–H and O–H groups in total. The second-order valence-corrected chi connectivity index (χ2v) is 7.13. The Morgan fingerprint density at radius 2 is 1.97 bits per heavy atom. The van der Waals surface area contributed by atoms with E-state index in [-0.39, 0.29) is 12.5 Å². The Kier molecular flexibility index (Phi) is 7.13. The molecule has 0 aliphatic heterocycles. The van der Waals surface area contributed by atoms with E-state index in [1.165, 1.54) is 4.90 Å². The Bertz CT molecular complexity index is 1040. The molecule has 158 valence electrons. The van der Waals surface area contributed by atoms with Crippen LogP contribution >= 0.6 is 0 Å². The number of ether oxygens (including phenoxy) is 1. The van der Waals surface area contributed by atoms with Crippen LogP contribution in [0.2, 0.25) is 0 Å². The van der Waals surface area contributed by atoms with Crippen LogP contribution in [0.4, 0.5) is 0 Å². The lowest BCUT2D eigenvalue weighted by molar-refractivity contribution is -0.910. The van der Waals surface area contributed by atoms with Crippen molar-refractivity contribution in [2.45, 2.75) is 33.9 Å². The normalized spacial score (nSPS) is 11.8. The molecule has 1 aromatic heterocycles. The molecule has 0 saturated heterocycles. The van der Waals surface area contributed by atoms with Crippen molar-refractivity contribution >= 4 is 22.7 Å². The number of fused-ring (bicyclic) bond motifs is 1. The van der Waals surface area contributed by atoms with Gasteiger partial charge >= 0.3 is 0 Å². The molecule has 0 aliphatic carbocycles. The third-order valence-electron chi connectivity index (χ3n) is 5.20. The highest BCUT2D eigenvalue weighted by Gasteiger charge is 2.13. The second-order valence-electron chi connectivity index (χ2n) is 7.13. The number of benzene rings is 2. The number of carbonyl (C=O) groups is 1. The molecule has 30 heavy (non-hydrogen) atoms. The van der Waals surface area contributed by atoms with Crippen molar-refractivity contribution < 1.29 is 14.4 Å². The number of hydrazone groups is 1. The molecule has 0 bridgehead atoms. The van der Waals surface area contributed by atoms with Gasteiger partial charge in [0.1, 0.15) is 24.4 Å². The predicted octanol–water partition coefficient (Wildman–Crippen LogP) is 1.41. The van der Waals surface area contributed by atoms with Crippen LogP contribution in [0, 0.1) is 0 Å². The van der Waals surface area contributed by atoms with E-state index in [4.69, 9.17) is 4.74 Å². The maximum Gasteiger partial charge on any atom is 0.261 e. The van der Waals surface area contributed by atoms with Crippen molar-refractivity contribution in [3.63, 3.8) is 0 Å². The average molecular weight is 410 g/mol. The summed E-state index contributed by atoms with van der Waals surface area (Å²) in [6, 6.07) is 13.5. The van der Waals surface area contributed by atoms with Gasteiger partial charge in [-0.25, -0.2) is 10.1 Å². The first-order chi connectivity index (χ1) is 14.5. The highest BCUT2D eigenvalue weighted by Crippen LogP contribution is 2.19. The molecule has 2 aromatic carbocycles. The summed E-state index contributed by atoms with van der Waals surface area (Å²) in [5, 5.41) is 12.4. The molecule has 0 aliphatic rings. The third kappa shape index (κ3) is 5.01. The van der Waals surface area contributed by atoms with Crippen LogP contribution < -0.4 is 15.1 Å². The highest BCUT2D eigenvalue weighted by atomic mass is 16.5. The van der Waals surface area contributed by atoms with Gasteiger partial charge in [0.05, 0.1) is 31.4 Å². The van der Waals surface area contributed by atoms with Gasteiger partial charge < -0.3 is 9.64 Å². The molecule has 0 fully saturated rings. The number of hydrogen-bond acceptors (Lipinski definition) is 5. The summed E-state index contributed by atoms with van der Waals surface area (Å²) in [5.74, 6) is 0.611. The van der Waals surface area contributed by atoms with Crippen LogP contribution in [0.1, 0.15) is 31.9 Å². The van der Waals surface area contributed by atoms with E-state index in [1.807, 2.05) is 43.3 Å². The zero-order valence-corrected chi connectivity index (χ0v) is 18.0. The largest absolute Gasteiger partial charge is 0.496 e. The van der Waals surface area contributed by atoms with Crippen LogP contribution in [0.25, 0.3) is 11.0 Å².